The maximum Gasteiger partial charge on any atom is 0.317 e. The number of aromatic nitrogens is 2. The predicted molar refractivity (Wildman–Crippen MR) is 88.7 cm³/mol. The number of likely N-dealkylation sites (tertiary alicyclic amines) is 1. The van der Waals surface area contributed by atoms with E-state index in [1.165, 1.54) is 12.1 Å². The summed E-state index contributed by atoms with van der Waals surface area (Å²) in [4.78, 5) is 18.6. The molecular formula is C18H21FN4O2. The minimum atomic E-state index is -0.232. The number of urea groups is 1. The van der Waals surface area contributed by atoms with Gasteiger partial charge in [0.2, 0.25) is 5.89 Å². The van der Waals surface area contributed by atoms with Crippen molar-refractivity contribution in [3.8, 4) is 0 Å². The van der Waals surface area contributed by atoms with Crippen LogP contribution in [0.15, 0.2) is 28.8 Å². The van der Waals surface area contributed by atoms with Gasteiger partial charge in [0.1, 0.15) is 5.82 Å². The molecule has 2 aromatic rings. The van der Waals surface area contributed by atoms with Gasteiger partial charge in [-0.1, -0.05) is 17.3 Å². The molecule has 2 atom stereocenters. The molecule has 6 nitrogen and oxygen atoms in total. The monoisotopic (exact) mass is 344 g/mol. The summed E-state index contributed by atoms with van der Waals surface area (Å²) in [6, 6.07) is 6.66. The van der Waals surface area contributed by atoms with Crippen molar-refractivity contribution in [1.29, 1.82) is 0 Å². The number of hydrogen-bond acceptors (Lipinski definition) is 4. The molecule has 2 amide bonds. The third-order valence-corrected chi connectivity index (χ3v) is 5.07. The maximum absolute atomic E-state index is 13.0. The van der Waals surface area contributed by atoms with Gasteiger partial charge in [0.25, 0.3) is 0 Å². The van der Waals surface area contributed by atoms with Gasteiger partial charge in [-0.25, -0.2) is 9.18 Å². The molecule has 1 aliphatic heterocycles. The number of aryl methyl sites for hydroxylation is 1. The first-order valence-corrected chi connectivity index (χ1v) is 8.71. The fraction of sp³-hybridized carbons (Fsp3) is 0.500. The van der Waals surface area contributed by atoms with Crippen LogP contribution in [-0.4, -0.2) is 40.2 Å². The second-order valence-corrected chi connectivity index (χ2v) is 6.89. The van der Waals surface area contributed by atoms with E-state index in [1.807, 2.05) is 11.8 Å². The number of amides is 2. The first-order chi connectivity index (χ1) is 12.1. The Morgan fingerprint density at radius 1 is 1.28 bits per heavy atom. The van der Waals surface area contributed by atoms with Gasteiger partial charge in [-0.15, -0.1) is 0 Å². The van der Waals surface area contributed by atoms with E-state index in [1.54, 1.807) is 12.1 Å². The van der Waals surface area contributed by atoms with E-state index in [4.69, 9.17) is 4.52 Å². The van der Waals surface area contributed by atoms with Crippen LogP contribution in [0.2, 0.25) is 0 Å². The number of hydrogen-bond donors (Lipinski definition) is 1. The second-order valence-electron chi connectivity index (χ2n) is 6.89. The van der Waals surface area contributed by atoms with E-state index in [-0.39, 0.29) is 23.8 Å². The minimum absolute atomic E-state index is 0.0187. The molecule has 1 aromatic heterocycles. The number of carbonyl (C=O) groups is 1. The van der Waals surface area contributed by atoms with Crippen molar-refractivity contribution in [2.75, 3.05) is 13.1 Å². The third-order valence-electron chi connectivity index (χ3n) is 5.07. The number of nitrogens with zero attached hydrogens (tertiary/aromatic N) is 3. The van der Waals surface area contributed by atoms with Crippen molar-refractivity contribution < 1.29 is 13.7 Å². The van der Waals surface area contributed by atoms with Crippen molar-refractivity contribution in [1.82, 2.24) is 20.4 Å². The molecule has 0 radical (unpaired) electrons. The zero-order valence-corrected chi connectivity index (χ0v) is 14.1. The smallest absolute Gasteiger partial charge is 0.317 e. The van der Waals surface area contributed by atoms with Gasteiger partial charge in [0.15, 0.2) is 5.82 Å². The van der Waals surface area contributed by atoms with Gasteiger partial charge in [-0.05, 0) is 43.9 Å². The Morgan fingerprint density at radius 2 is 2.00 bits per heavy atom. The van der Waals surface area contributed by atoms with Crippen LogP contribution in [0.25, 0.3) is 0 Å². The van der Waals surface area contributed by atoms with E-state index in [9.17, 15) is 9.18 Å². The summed E-state index contributed by atoms with van der Waals surface area (Å²) in [6.07, 6.45) is 2.58. The first kappa shape index (κ1) is 16.1. The second kappa shape index (κ2) is 6.46. The summed E-state index contributed by atoms with van der Waals surface area (Å²) in [5.41, 5.74) is 1.08. The quantitative estimate of drug-likeness (QED) is 0.929. The van der Waals surface area contributed by atoms with E-state index >= 15 is 0 Å². The van der Waals surface area contributed by atoms with Gasteiger partial charge in [0, 0.05) is 31.0 Å². The van der Waals surface area contributed by atoms with E-state index in [2.05, 4.69) is 15.5 Å². The molecule has 0 spiro atoms. The van der Waals surface area contributed by atoms with E-state index in [0.29, 0.717) is 30.7 Å². The fourth-order valence-corrected chi connectivity index (χ4v) is 3.49. The van der Waals surface area contributed by atoms with Gasteiger partial charge in [0.05, 0.1) is 0 Å². The Kier molecular flexibility index (Phi) is 4.15. The molecule has 2 aliphatic rings. The number of benzene rings is 1. The lowest BCUT2D eigenvalue weighted by molar-refractivity contribution is 0.174. The van der Waals surface area contributed by atoms with Crippen molar-refractivity contribution in [3.63, 3.8) is 0 Å². The average molecular weight is 344 g/mol. The Bertz CT molecular complexity index is 753. The van der Waals surface area contributed by atoms with Crippen LogP contribution in [0.5, 0.6) is 0 Å². The molecule has 2 fully saturated rings. The Hall–Kier alpha value is -2.44. The lowest BCUT2D eigenvalue weighted by Crippen LogP contribution is -2.45. The largest absolute Gasteiger partial charge is 0.339 e. The van der Waals surface area contributed by atoms with Crippen LogP contribution in [0, 0.1) is 12.7 Å². The zero-order valence-electron chi connectivity index (χ0n) is 14.1. The minimum Gasteiger partial charge on any atom is -0.339 e. The number of carbonyl (C=O) groups excluding carboxylic acids is 1. The van der Waals surface area contributed by atoms with Gasteiger partial charge in [-0.3, -0.25) is 0 Å². The normalized spacial score (nSPS) is 23.5. The van der Waals surface area contributed by atoms with Crippen molar-refractivity contribution in [2.45, 2.75) is 44.1 Å². The van der Waals surface area contributed by atoms with Crippen molar-refractivity contribution in [3.05, 3.63) is 47.4 Å². The standard InChI is InChI=1S/C18H21FN4O2/c1-11-20-17(25-22-11)13-6-8-23(9-7-13)18(24)21-16-10-15(16)12-2-4-14(19)5-3-12/h2-5,13,15-16H,6-10H2,1H3,(H,21,24)/t15-,16+/m0/s1. The first-order valence-electron chi connectivity index (χ1n) is 8.71. The summed E-state index contributed by atoms with van der Waals surface area (Å²) in [5, 5.41) is 6.92. The topological polar surface area (TPSA) is 71.3 Å². The molecule has 2 heterocycles. The summed E-state index contributed by atoms with van der Waals surface area (Å²) < 4.78 is 18.2. The van der Waals surface area contributed by atoms with E-state index in [0.717, 1.165) is 24.8 Å². The van der Waals surface area contributed by atoms with Crippen LogP contribution in [0.1, 0.15) is 48.4 Å². The molecule has 4 rings (SSSR count). The highest BCUT2D eigenvalue weighted by atomic mass is 19.1. The number of piperidine rings is 1. The molecule has 1 saturated carbocycles. The molecular weight excluding hydrogens is 323 g/mol. The molecule has 1 saturated heterocycles. The molecule has 25 heavy (non-hydrogen) atoms. The third kappa shape index (κ3) is 3.50. The highest BCUT2D eigenvalue weighted by Gasteiger charge is 2.40. The molecule has 7 heteroatoms. The molecule has 132 valence electrons. The fourth-order valence-electron chi connectivity index (χ4n) is 3.49. The molecule has 0 unspecified atom stereocenters. The molecule has 1 aliphatic carbocycles. The molecule has 1 N–H and O–H groups in total. The van der Waals surface area contributed by atoms with Crippen molar-refractivity contribution >= 4 is 6.03 Å². The Labute approximate surface area is 145 Å². The Morgan fingerprint density at radius 3 is 2.64 bits per heavy atom. The maximum atomic E-state index is 13.0. The highest BCUT2D eigenvalue weighted by molar-refractivity contribution is 5.75. The van der Waals surface area contributed by atoms with Crippen LogP contribution < -0.4 is 5.32 Å². The lowest BCUT2D eigenvalue weighted by atomic mass is 9.97. The van der Waals surface area contributed by atoms with E-state index < -0.39 is 0 Å². The van der Waals surface area contributed by atoms with Gasteiger partial charge >= 0.3 is 6.03 Å². The highest BCUT2D eigenvalue weighted by Crippen LogP contribution is 2.41. The number of nitrogens with one attached hydrogen (secondary N) is 1. The van der Waals surface area contributed by atoms with Crippen LogP contribution >= 0.6 is 0 Å². The van der Waals surface area contributed by atoms with Gasteiger partial charge < -0.3 is 14.7 Å². The lowest BCUT2D eigenvalue weighted by Gasteiger charge is -2.30. The summed E-state index contributed by atoms with van der Waals surface area (Å²) in [6.45, 7) is 3.18. The number of halogens is 1. The van der Waals surface area contributed by atoms with Crippen LogP contribution in [0.4, 0.5) is 9.18 Å². The van der Waals surface area contributed by atoms with Gasteiger partial charge in [-0.2, -0.15) is 4.98 Å². The number of rotatable bonds is 3. The predicted octanol–water partition coefficient (Wildman–Crippen LogP) is 2.96. The summed E-state index contributed by atoms with van der Waals surface area (Å²) in [7, 11) is 0. The SMILES string of the molecule is Cc1noc(C2CCN(C(=O)N[C@@H]3C[C@H]3c3ccc(F)cc3)CC2)n1. The Balaban J connectivity index is 1.26. The molecule has 1 aromatic carbocycles. The van der Waals surface area contributed by atoms with Crippen LogP contribution in [-0.2, 0) is 0 Å². The summed E-state index contributed by atoms with van der Waals surface area (Å²) >= 11 is 0. The van der Waals surface area contributed by atoms with Crippen molar-refractivity contribution in [2.24, 2.45) is 0 Å². The average Bonchev–Trinajstić information content (AvgIpc) is 3.24. The summed E-state index contributed by atoms with van der Waals surface area (Å²) in [5.74, 6) is 1.62. The molecule has 0 bridgehead atoms. The van der Waals surface area contributed by atoms with Crippen LogP contribution in [0.3, 0.4) is 0 Å². The zero-order chi connectivity index (χ0) is 17.4.